The van der Waals surface area contributed by atoms with Crippen LogP contribution in [0.5, 0.6) is 0 Å². The first-order chi connectivity index (χ1) is 9.84. The van der Waals surface area contributed by atoms with E-state index in [-0.39, 0.29) is 35.4 Å². The van der Waals surface area contributed by atoms with Crippen molar-refractivity contribution in [3.63, 3.8) is 0 Å². The summed E-state index contributed by atoms with van der Waals surface area (Å²) in [6.07, 6.45) is 0.192. The summed E-state index contributed by atoms with van der Waals surface area (Å²) in [5, 5.41) is 14.6. The molecule has 0 spiro atoms. The zero-order valence-corrected chi connectivity index (χ0v) is 13.7. The van der Waals surface area contributed by atoms with Crippen molar-refractivity contribution in [3.8, 4) is 0 Å². The van der Waals surface area contributed by atoms with E-state index in [1.165, 1.54) is 0 Å². The lowest BCUT2D eigenvalue weighted by Crippen LogP contribution is -2.56. The number of hydrogen-bond donors (Lipinski definition) is 3. The van der Waals surface area contributed by atoms with Crippen molar-refractivity contribution >= 4 is 56.8 Å². The van der Waals surface area contributed by atoms with Gasteiger partial charge in [0.1, 0.15) is 0 Å². The minimum Gasteiger partial charge on any atom is -0.479 e. The van der Waals surface area contributed by atoms with Gasteiger partial charge in [0.05, 0.1) is 22.3 Å². The van der Waals surface area contributed by atoms with Gasteiger partial charge >= 0.3 is 12.0 Å². The van der Waals surface area contributed by atoms with Crippen molar-refractivity contribution in [1.29, 1.82) is 0 Å². The van der Waals surface area contributed by atoms with Crippen LogP contribution in [0.2, 0.25) is 10.0 Å². The van der Waals surface area contributed by atoms with E-state index in [9.17, 15) is 14.7 Å². The summed E-state index contributed by atoms with van der Waals surface area (Å²) in [5.41, 5.74) is -1.23. The summed E-state index contributed by atoms with van der Waals surface area (Å²) in [6, 6.07) is 2.41. The van der Waals surface area contributed by atoms with E-state index in [4.69, 9.17) is 27.9 Å². The maximum atomic E-state index is 12.0. The summed E-state index contributed by atoms with van der Waals surface area (Å²) < 4.78 is 5.72. The number of aliphatic carboxylic acids is 1. The molecule has 1 aromatic carbocycles. The van der Waals surface area contributed by atoms with Gasteiger partial charge in [-0.25, -0.2) is 9.59 Å². The molecular weight excluding hydrogens is 387 g/mol. The lowest BCUT2D eigenvalue weighted by atomic mass is 9.99. The molecule has 1 saturated heterocycles. The Morgan fingerprint density at radius 1 is 1.33 bits per heavy atom. The number of benzene rings is 1. The van der Waals surface area contributed by atoms with Crippen LogP contribution in [0.4, 0.5) is 10.5 Å². The molecule has 1 heterocycles. The number of nitrogens with one attached hydrogen (secondary N) is 2. The average Bonchev–Trinajstić information content (AvgIpc) is 2.83. The van der Waals surface area contributed by atoms with E-state index < -0.39 is 17.5 Å². The van der Waals surface area contributed by atoms with Crippen molar-refractivity contribution in [2.45, 2.75) is 12.0 Å². The van der Waals surface area contributed by atoms with E-state index in [0.29, 0.717) is 4.47 Å². The number of carboxylic acid groups (broad SMARTS) is 1. The topological polar surface area (TPSA) is 87.7 Å². The van der Waals surface area contributed by atoms with Gasteiger partial charge < -0.3 is 20.5 Å². The SMILES string of the molecule is O=C(Nc1c(Cl)cc(Br)cc1Cl)NC1(C(=O)O)CCOC1. The van der Waals surface area contributed by atoms with Gasteiger partial charge in [-0.1, -0.05) is 39.1 Å². The number of amides is 2. The first kappa shape index (κ1) is 16.4. The van der Waals surface area contributed by atoms with Crippen molar-refractivity contribution in [3.05, 3.63) is 26.7 Å². The molecule has 1 fully saturated rings. The molecule has 0 aliphatic carbocycles. The van der Waals surface area contributed by atoms with E-state index in [0.717, 1.165) is 0 Å². The van der Waals surface area contributed by atoms with Crippen LogP contribution in [0.3, 0.4) is 0 Å². The van der Waals surface area contributed by atoms with E-state index in [1.807, 2.05) is 0 Å². The van der Waals surface area contributed by atoms with Crippen LogP contribution >= 0.6 is 39.1 Å². The second-order valence-corrected chi connectivity index (χ2v) is 6.24. The summed E-state index contributed by atoms with van der Waals surface area (Å²) in [5.74, 6) is -1.15. The molecule has 1 aliphatic rings. The lowest BCUT2D eigenvalue weighted by molar-refractivity contribution is -0.144. The van der Waals surface area contributed by atoms with Crippen LogP contribution in [0.1, 0.15) is 6.42 Å². The molecule has 21 heavy (non-hydrogen) atoms. The smallest absolute Gasteiger partial charge is 0.332 e. The highest BCUT2D eigenvalue weighted by Crippen LogP contribution is 2.33. The standard InChI is InChI=1S/C12H11BrCl2N2O4/c13-6-3-7(14)9(8(15)4-6)16-11(20)17-12(10(18)19)1-2-21-5-12/h3-4H,1-2,5H2,(H,18,19)(H2,16,17,20). The zero-order valence-electron chi connectivity index (χ0n) is 10.6. The highest BCUT2D eigenvalue weighted by Gasteiger charge is 2.44. The molecule has 0 radical (unpaired) electrons. The number of rotatable bonds is 3. The quantitative estimate of drug-likeness (QED) is 0.731. The zero-order chi connectivity index (χ0) is 15.6. The molecule has 1 atom stereocenters. The van der Waals surface area contributed by atoms with Crippen LogP contribution in [0.15, 0.2) is 16.6 Å². The Labute approximate surface area is 138 Å². The molecule has 1 aliphatic heterocycles. The van der Waals surface area contributed by atoms with Crippen LogP contribution in [-0.2, 0) is 9.53 Å². The maximum Gasteiger partial charge on any atom is 0.332 e. The number of carbonyl (C=O) groups is 2. The number of halogens is 3. The third kappa shape index (κ3) is 3.60. The van der Waals surface area contributed by atoms with Gasteiger partial charge in [0.15, 0.2) is 5.54 Å². The summed E-state index contributed by atoms with van der Waals surface area (Å²) in [4.78, 5) is 23.3. The summed E-state index contributed by atoms with van der Waals surface area (Å²) in [7, 11) is 0. The Morgan fingerprint density at radius 2 is 1.95 bits per heavy atom. The Morgan fingerprint density at radius 3 is 2.43 bits per heavy atom. The van der Waals surface area contributed by atoms with Crippen LogP contribution in [0, 0.1) is 0 Å². The van der Waals surface area contributed by atoms with Gasteiger partial charge in [-0.05, 0) is 12.1 Å². The van der Waals surface area contributed by atoms with E-state index in [2.05, 4.69) is 26.6 Å². The van der Waals surface area contributed by atoms with Gasteiger partial charge in [-0.3, -0.25) is 0 Å². The highest BCUT2D eigenvalue weighted by atomic mass is 79.9. The fraction of sp³-hybridized carbons (Fsp3) is 0.333. The largest absolute Gasteiger partial charge is 0.479 e. The number of hydrogen-bond acceptors (Lipinski definition) is 3. The van der Waals surface area contributed by atoms with E-state index in [1.54, 1.807) is 12.1 Å². The fourth-order valence-electron chi connectivity index (χ4n) is 1.91. The Bertz CT molecular complexity index is 568. The molecule has 2 rings (SSSR count). The monoisotopic (exact) mass is 396 g/mol. The van der Waals surface area contributed by atoms with Gasteiger partial charge in [-0.15, -0.1) is 0 Å². The summed E-state index contributed by atoms with van der Waals surface area (Å²) >= 11 is 15.2. The highest BCUT2D eigenvalue weighted by molar-refractivity contribution is 9.10. The van der Waals surface area contributed by atoms with E-state index >= 15 is 0 Å². The predicted octanol–water partition coefficient (Wildman–Crippen LogP) is 3.12. The molecule has 3 N–H and O–H groups in total. The molecule has 9 heteroatoms. The molecule has 0 aromatic heterocycles. The van der Waals surface area contributed by atoms with Crippen LogP contribution < -0.4 is 10.6 Å². The third-order valence-electron chi connectivity index (χ3n) is 3.03. The molecule has 6 nitrogen and oxygen atoms in total. The molecule has 1 unspecified atom stereocenters. The second-order valence-electron chi connectivity index (χ2n) is 4.51. The van der Waals surface area contributed by atoms with Gasteiger partial charge in [0, 0.05) is 17.5 Å². The van der Waals surface area contributed by atoms with Crippen molar-refractivity contribution in [2.24, 2.45) is 0 Å². The van der Waals surface area contributed by atoms with Crippen LogP contribution in [0.25, 0.3) is 0 Å². The third-order valence-corrected chi connectivity index (χ3v) is 4.08. The first-order valence-electron chi connectivity index (χ1n) is 5.89. The maximum absolute atomic E-state index is 12.0. The number of urea groups is 1. The number of ether oxygens (including phenoxy) is 1. The normalized spacial score (nSPS) is 21.1. The number of carboxylic acids is 1. The number of carbonyl (C=O) groups excluding carboxylic acids is 1. The predicted molar refractivity (Wildman–Crippen MR) is 82.1 cm³/mol. The minimum absolute atomic E-state index is 0.0858. The van der Waals surface area contributed by atoms with Crippen LogP contribution in [-0.4, -0.2) is 35.9 Å². The van der Waals surface area contributed by atoms with Gasteiger partial charge in [-0.2, -0.15) is 0 Å². The van der Waals surface area contributed by atoms with Crippen molar-refractivity contribution in [2.75, 3.05) is 18.5 Å². The molecule has 0 bridgehead atoms. The summed E-state index contributed by atoms with van der Waals surface area (Å²) in [6.45, 7) is 0.184. The first-order valence-corrected chi connectivity index (χ1v) is 7.44. The fourth-order valence-corrected chi connectivity index (χ4v) is 3.21. The lowest BCUT2D eigenvalue weighted by Gasteiger charge is -2.24. The van der Waals surface area contributed by atoms with Gasteiger partial charge in [0.25, 0.3) is 0 Å². The Kier molecular flexibility index (Phi) is 4.98. The Balaban J connectivity index is 2.14. The molecule has 2 amide bonds. The molecule has 1 aromatic rings. The molecular formula is C12H11BrCl2N2O4. The Hall–Kier alpha value is -1.02. The second kappa shape index (κ2) is 6.39. The van der Waals surface area contributed by atoms with Gasteiger partial charge in [0.2, 0.25) is 0 Å². The van der Waals surface area contributed by atoms with Crippen molar-refractivity contribution < 1.29 is 19.4 Å². The minimum atomic E-state index is -1.43. The van der Waals surface area contributed by atoms with Crippen molar-refractivity contribution in [1.82, 2.24) is 5.32 Å². The average molecular weight is 398 g/mol. The molecule has 114 valence electrons. The number of anilines is 1. The molecule has 0 saturated carbocycles.